The van der Waals surface area contributed by atoms with E-state index in [1.807, 2.05) is 56.4 Å². The summed E-state index contributed by atoms with van der Waals surface area (Å²) in [5.41, 5.74) is 2.88. The van der Waals surface area contributed by atoms with E-state index in [2.05, 4.69) is 0 Å². The van der Waals surface area contributed by atoms with Crippen LogP contribution in [0.3, 0.4) is 0 Å². The molecule has 0 aromatic heterocycles. The third kappa shape index (κ3) is 3.26. The zero-order chi connectivity index (χ0) is 24.2. The fraction of sp³-hybridized carbons (Fsp3) is 0.500. The van der Waals surface area contributed by atoms with Crippen LogP contribution >= 0.6 is 11.8 Å². The van der Waals surface area contributed by atoms with Gasteiger partial charge in [-0.3, -0.25) is 14.4 Å². The number of amides is 3. The van der Waals surface area contributed by atoms with Crippen LogP contribution in [0.15, 0.2) is 42.5 Å². The van der Waals surface area contributed by atoms with E-state index in [0.717, 1.165) is 16.8 Å². The van der Waals surface area contributed by atoms with Crippen molar-refractivity contribution >= 4 is 35.2 Å². The molecule has 1 aromatic carbocycles. The van der Waals surface area contributed by atoms with Crippen molar-refractivity contribution in [3.8, 4) is 0 Å². The smallest absolute Gasteiger partial charge is 0.251 e. The molecule has 3 amide bonds. The molecule has 4 heterocycles. The fourth-order valence-corrected chi connectivity index (χ4v) is 8.18. The summed E-state index contributed by atoms with van der Waals surface area (Å²) >= 11 is 1.59. The maximum atomic E-state index is 14.3. The highest BCUT2D eigenvalue weighted by molar-refractivity contribution is 8.02. The number of benzene rings is 1. The van der Waals surface area contributed by atoms with E-state index in [1.54, 1.807) is 33.5 Å². The molecule has 0 aliphatic carbocycles. The van der Waals surface area contributed by atoms with Crippen LogP contribution in [0.25, 0.3) is 0 Å². The lowest BCUT2D eigenvalue weighted by atomic mass is 9.78. The van der Waals surface area contributed by atoms with Gasteiger partial charge in [0, 0.05) is 44.2 Å². The summed E-state index contributed by atoms with van der Waals surface area (Å²) in [6.07, 6.45) is 8.44. The summed E-state index contributed by atoms with van der Waals surface area (Å²) in [7, 11) is 1.77. The highest BCUT2D eigenvalue weighted by Gasteiger charge is 2.70. The zero-order valence-corrected chi connectivity index (χ0v) is 20.6. The van der Waals surface area contributed by atoms with Crippen molar-refractivity contribution in [3.63, 3.8) is 0 Å². The maximum Gasteiger partial charge on any atom is 0.251 e. The molecule has 1 aromatic rings. The minimum atomic E-state index is -0.817. The van der Waals surface area contributed by atoms with Gasteiger partial charge in [0.1, 0.15) is 6.04 Å². The number of rotatable bonds is 4. The Balaban J connectivity index is 1.64. The number of para-hydroxylation sites is 1. The molecular formula is C26H31N3O4S. The van der Waals surface area contributed by atoms with Gasteiger partial charge in [-0.15, -0.1) is 11.8 Å². The standard InChI is InChI=1S/C26H31N3O4S/c1-16-8-4-9-17(2)21(16)28-13-6-11-26-20(19-18(34-26)10-5-12-27(3)23(19)31)24(32)29(14-7-15-30)22(26)25(28)33/h4-6,8-11,18-20,22,30H,7,12-15H2,1-3H3/t18-,19+,20-,22?,26-/m0/s1. The summed E-state index contributed by atoms with van der Waals surface area (Å²) < 4.78 is -0.817. The molecule has 1 spiro atoms. The highest BCUT2D eigenvalue weighted by atomic mass is 32.2. The number of anilines is 1. The number of thioether (sulfide) groups is 1. The number of aryl methyl sites for hydroxylation is 2. The Kier molecular flexibility index (Phi) is 5.84. The lowest BCUT2D eigenvalue weighted by Crippen LogP contribution is -2.53. The SMILES string of the molecule is Cc1cccc(C)c1N1CC=C[C@]23S[C@H]4C=CCN(C)C(=O)[C@H]4[C@H]2C(=O)N(CCCO)C3C1=O. The van der Waals surface area contributed by atoms with Gasteiger partial charge in [0.05, 0.1) is 16.6 Å². The number of likely N-dealkylation sites (N-methyl/N-ethyl adjacent to an activating group) is 1. The normalized spacial score (nSPS) is 32.6. The van der Waals surface area contributed by atoms with Gasteiger partial charge in [-0.05, 0) is 31.4 Å². The molecule has 0 bridgehead atoms. The summed E-state index contributed by atoms with van der Waals surface area (Å²) in [6, 6.07) is 5.24. The van der Waals surface area contributed by atoms with Gasteiger partial charge in [0.2, 0.25) is 11.8 Å². The number of carbonyl (C=O) groups is 3. The number of carbonyl (C=O) groups excluding carboxylic acids is 3. The number of aliphatic hydroxyl groups excluding tert-OH is 1. The Morgan fingerprint density at radius 1 is 1.06 bits per heavy atom. The lowest BCUT2D eigenvalue weighted by Gasteiger charge is -2.36. The first-order valence-corrected chi connectivity index (χ1v) is 12.8. The third-order valence-corrected chi connectivity index (χ3v) is 9.37. The predicted molar refractivity (Wildman–Crippen MR) is 132 cm³/mol. The van der Waals surface area contributed by atoms with E-state index in [1.165, 1.54) is 0 Å². The van der Waals surface area contributed by atoms with Crippen LogP contribution in [-0.4, -0.2) is 82.0 Å². The van der Waals surface area contributed by atoms with E-state index >= 15 is 0 Å². The highest BCUT2D eigenvalue weighted by Crippen LogP contribution is 2.61. The van der Waals surface area contributed by atoms with Crippen molar-refractivity contribution in [2.75, 3.05) is 38.2 Å². The van der Waals surface area contributed by atoms with Crippen molar-refractivity contribution in [1.29, 1.82) is 0 Å². The van der Waals surface area contributed by atoms with Gasteiger partial charge in [-0.1, -0.05) is 42.5 Å². The average Bonchev–Trinajstić information content (AvgIpc) is 3.12. The Hall–Kier alpha value is -2.58. The summed E-state index contributed by atoms with van der Waals surface area (Å²) in [6.45, 7) is 5.14. The van der Waals surface area contributed by atoms with Crippen molar-refractivity contribution in [3.05, 3.63) is 53.6 Å². The molecule has 5 rings (SSSR count). The molecular weight excluding hydrogens is 450 g/mol. The number of fused-ring (bicyclic) bond motifs is 2. The van der Waals surface area contributed by atoms with E-state index in [-0.39, 0.29) is 36.1 Å². The second-order valence-electron chi connectivity index (χ2n) is 9.69. The second-order valence-corrected chi connectivity index (χ2v) is 11.2. The quantitative estimate of drug-likeness (QED) is 0.665. The predicted octanol–water partition coefficient (Wildman–Crippen LogP) is 1.91. The summed E-state index contributed by atoms with van der Waals surface area (Å²) in [4.78, 5) is 46.7. The topological polar surface area (TPSA) is 81.2 Å². The number of hydrogen-bond donors (Lipinski definition) is 1. The van der Waals surface area contributed by atoms with E-state index in [0.29, 0.717) is 19.5 Å². The van der Waals surface area contributed by atoms with Crippen LogP contribution in [0.5, 0.6) is 0 Å². The monoisotopic (exact) mass is 481 g/mol. The van der Waals surface area contributed by atoms with Gasteiger partial charge < -0.3 is 19.8 Å². The first-order chi connectivity index (χ1) is 16.3. The molecule has 0 saturated carbocycles. The third-order valence-electron chi connectivity index (χ3n) is 7.63. The van der Waals surface area contributed by atoms with E-state index in [4.69, 9.17) is 0 Å². The Labute approximate surface area is 204 Å². The Bertz CT molecular complexity index is 1080. The Morgan fingerprint density at radius 3 is 2.50 bits per heavy atom. The first-order valence-electron chi connectivity index (χ1n) is 11.9. The summed E-state index contributed by atoms with van der Waals surface area (Å²) in [5.74, 6) is -1.44. The molecule has 2 saturated heterocycles. The lowest BCUT2D eigenvalue weighted by molar-refractivity contribution is -0.142. The first kappa shape index (κ1) is 23.2. The molecule has 4 aliphatic heterocycles. The van der Waals surface area contributed by atoms with Crippen LogP contribution < -0.4 is 4.90 Å². The molecule has 7 nitrogen and oxygen atoms in total. The minimum absolute atomic E-state index is 0.0443. The van der Waals surface area contributed by atoms with Crippen LogP contribution in [0.4, 0.5) is 5.69 Å². The molecule has 180 valence electrons. The maximum absolute atomic E-state index is 14.3. The van der Waals surface area contributed by atoms with Gasteiger partial charge in [-0.2, -0.15) is 0 Å². The molecule has 1 N–H and O–H groups in total. The molecule has 5 atom stereocenters. The number of likely N-dealkylation sites (tertiary alicyclic amines) is 1. The van der Waals surface area contributed by atoms with Gasteiger partial charge in [-0.25, -0.2) is 0 Å². The average molecular weight is 482 g/mol. The molecule has 2 fully saturated rings. The van der Waals surface area contributed by atoms with Crippen LogP contribution in [-0.2, 0) is 14.4 Å². The summed E-state index contributed by atoms with van der Waals surface area (Å²) in [5, 5.41) is 9.36. The van der Waals surface area contributed by atoms with Crippen molar-refractivity contribution < 1.29 is 19.5 Å². The minimum Gasteiger partial charge on any atom is -0.396 e. The van der Waals surface area contributed by atoms with Crippen molar-refractivity contribution in [2.45, 2.75) is 36.3 Å². The zero-order valence-electron chi connectivity index (χ0n) is 19.8. The molecule has 0 radical (unpaired) electrons. The van der Waals surface area contributed by atoms with E-state index < -0.39 is 22.6 Å². The molecule has 34 heavy (non-hydrogen) atoms. The number of hydrogen-bond acceptors (Lipinski definition) is 5. The van der Waals surface area contributed by atoms with Crippen molar-refractivity contribution in [1.82, 2.24) is 9.80 Å². The molecule has 8 heteroatoms. The van der Waals surface area contributed by atoms with Crippen LogP contribution in [0.1, 0.15) is 17.5 Å². The van der Waals surface area contributed by atoms with Crippen LogP contribution in [0.2, 0.25) is 0 Å². The van der Waals surface area contributed by atoms with Gasteiger partial charge in [0.15, 0.2) is 0 Å². The second kappa shape index (κ2) is 8.57. The van der Waals surface area contributed by atoms with Crippen LogP contribution in [0, 0.1) is 25.7 Å². The molecule has 1 unspecified atom stereocenters. The van der Waals surface area contributed by atoms with Gasteiger partial charge in [0.25, 0.3) is 5.91 Å². The Morgan fingerprint density at radius 2 is 1.79 bits per heavy atom. The number of aliphatic hydroxyl groups is 1. The fourth-order valence-electron chi connectivity index (χ4n) is 6.18. The van der Waals surface area contributed by atoms with Gasteiger partial charge >= 0.3 is 0 Å². The van der Waals surface area contributed by atoms with Crippen molar-refractivity contribution in [2.24, 2.45) is 11.8 Å². The van der Waals surface area contributed by atoms with E-state index in [9.17, 15) is 19.5 Å². The molecule has 4 aliphatic rings. The number of nitrogens with zero attached hydrogens (tertiary/aromatic N) is 3. The largest absolute Gasteiger partial charge is 0.396 e.